The van der Waals surface area contributed by atoms with E-state index in [9.17, 15) is 31.1 Å². The highest BCUT2D eigenvalue weighted by Crippen LogP contribution is 2.41. The van der Waals surface area contributed by atoms with E-state index in [1.165, 1.54) is 31.4 Å². The first kappa shape index (κ1) is 22.2. The highest BCUT2D eigenvalue weighted by Gasteiger charge is 2.42. The lowest BCUT2D eigenvalue weighted by atomic mass is 10.0. The second-order valence-electron chi connectivity index (χ2n) is 5.62. The maximum Gasteiger partial charge on any atom is 0.417 e. The molecular weight excluding hydrogens is 409 g/mol. The van der Waals surface area contributed by atoms with Crippen LogP contribution < -0.4 is 10.0 Å². The molecule has 0 N–H and O–H groups in total. The molecule has 0 spiro atoms. The first-order chi connectivity index (χ1) is 12.9. The van der Waals surface area contributed by atoms with Gasteiger partial charge in [-0.05, 0) is 45.1 Å². The van der Waals surface area contributed by atoms with Crippen molar-refractivity contribution in [1.82, 2.24) is 0 Å². The molecule has 0 heterocycles. The van der Waals surface area contributed by atoms with E-state index in [1.807, 2.05) is 0 Å². The molecule has 0 aromatic heterocycles. The second-order valence-corrected chi connectivity index (χ2v) is 6.90. The number of ether oxygens (including phenoxy) is 2. The average molecular weight is 424 g/mol. The lowest BCUT2D eigenvalue weighted by molar-refractivity contribution is -0.143. The molecule has 2 unspecified atom stereocenters. The van der Waals surface area contributed by atoms with E-state index in [0.29, 0.717) is 23.9 Å². The number of hydrogen-bond acceptors (Lipinski definition) is 3. The Morgan fingerprint density at radius 2 is 1.43 bits per heavy atom. The number of carbonyl (C=O) groups excluding carboxylic acids is 1. The lowest BCUT2D eigenvalue weighted by Gasteiger charge is -2.18. The number of carbonyl (C=O) groups is 1. The second kappa shape index (κ2) is 8.49. The summed E-state index contributed by atoms with van der Waals surface area (Å²) < 4.78 is 89.3. The van der Waals surface area contributed by atoms with Crippen LogP contribution in [0.3, 0.4) is 0 Å². The van der Waals surface area contributed by atoms with Gasteiger partial charge in [-0.2, -0.15) is 26.3 Å². The Morgan fingerprint density at radius 1 is 0.929 bits per heavy atom. The molecule has 0 amide bonds. The van der Waals surface area contributed by atoms with Crippen molar-refractivity contribution in [1.29, 1.82) is 0 Å². The van der Waals surface area contributed by atoms with Gasteiger partial charge in [-0.15, -0.1) is 0 Å². The Morgan fingerprint density at radius 3 is 1.86 bits per heavy atom. The minimum atomic E-state index is -5.09. The van der Waals surface area contributed by atoms with E-state index in [0.717, 1.165) is 0 Å². The van der Waals surface area contributed by atoms with Gasteiger partial charge in [-0.1, -0.05) is 18.2 Å². The van der Waals surface area contributed by atoms with Crippen molar-refractivity contribution in [2.45, 2.75) is 25.6 Å². The fraction of sp³-hybridized carbons (Fsp3) is 0.278. The number of benzene rings is 2. The molecule has 152 valence electrons. The van der Waals surface area contributed by atoms with Gasteiger partial charge in [0.25, 0.3) is 0 Å². The van der Waals surface area contributed by atoms with E-state index in [4.69, 9.17) is 9.47 Å². The van der Waals surface area contributed by atoms with Crippen LogP contribution in [0.2, 0.25) is 0 Å². The number of alkyl halides is 6. The molecule has 0 fully saturated rings. The van der Waals surface area contributed by atoms with Crippen LogP contribution in [0, 0.1) is 0 Å². The maximum atomic E-state index is 13.2. The fourth-order valence-electron chi connectivity index (χ4n) is 2.32. The first-order valence-electron chi connectivity index (χ1n) is 7.81. The van der Waals surface area contributed by atoms with Crippen molar-refractivity contribution >= 4 is 19.4 Å². The summed E-state index contributed by atoms with van der Waals surface area (Å²) in [7, 11) is 0.499. The van der Waals surface area contributed by atoms with Crippen molar-refractivity contribution < 1.29 is 40.6 Å². The Bertz CT molecular complexity index is 798. The van der Waals surface area contributed by atoms with Gasteiger partial charge in [-0.25, -0.2) is 0 Å². The zero-order valence-corrected chi connectivity index (χ0v) is 15.6. The largest absolute Gasteiger partial charge is 0.465 e. The van der Waals surface area contributed by atoms with Gasteiger partial charge in [0.2, 0.25) is 0 Å². The molecule has 2 atom stereocenters. The monoisotopic (exact) mass is 424 g/mol. The molecule has 28 heavy (non-hydrogen) atoms. The van der Waals surface area contributed by atoms with Crippen LogP contribution in [0.5, 0.6) is 5.75 Å². The molecule has 0 saturated heterocycles. The first-order valence-corrected chi connectivity index (χ1v) is 8.81. The molecule has 2 rings (SSSR count). The fourth-order valence-corrected chi connectivity index (χ4v) is 3.31. The molecule has 0 aliphatic heterocycles. The molecule has 0 aliphatic rings. The number of halogens is 6. The maximum absolute atomic E-state index is 13.2. The van der Waals surface area contributed by atoms with Crippen LogP contribution in [0.1, 0.15) is 28.4 Å². The third-order valence-corrected chi connectivity index (χ3v) is 4.75. The van der Waals surface area contributed by atoms with E-state index in [1.54, 1.807) is 6.92 Å². The van der Waals surface area contributed by atoms with Gasteiger partial charge in [0, 0.05) is 12.7 Å². The van der Waals surface area contributed by atoms with Crippen molar-refractivity contribution in [3.63, 3.8) is 0 Å². The predicted molar refractivity (Wildman–Crippen MR) is 92.3 cm³/mol. The Kier molecular flexibility index (Phi) is 6.72. The summed E-state index contributed by atoms with van der Waals surface area (Å²) in [5.41, 5.74) is -5.82. The minimum absolute atomic E-state index is 0.271. The van der Waals surface area contributed by atoms with Crippen LogP contribution >= 0.6 is 8.58 Å². The zero-order chi connectivity index (χ0) is 21.1. The number of rotatable bonds is 6. The normalized spacial score (nSPS) is 13.7. The standard InChI is InChI=1S/C18H15F6O3P/c1-10(26-2)27-11-6-8-12(9-7-11)28-16(25)15-13(17(19,20)21)4-3-5-14(15)18(22,23)24/h3-10,28H,1-2H3. The lowest BCUT2D eigenvalue weighted by Crippen LogP contribution is -2.19. The van der Waals surface area contributed by atoms with Crippen molar-refractivity contribution in [3.8, 4) is 5.75 Å². The number of methoxy groups -OCH3 is 1. The highest BCUT2D eigenvalue weighted by atomic mass is 31.1. The number of hydrogen-bond donors (Lipinski definition) is 0. The molecular formula is C18H15F6O3P. The van der Waals surface area contributed by atoms with Crippen molar-refractivity contribution in [3.05, 3.63) is 59.2 Å². The molecule has 10 heteroatoms. The Balaban J connectivity index is 2.36. The third-order valence-electron chi connectivity index (χ3n) is 3.65. The summed E-state index contributed by atoms with van der Waals surface area (Å²) in [6, 6.07) is 7.27. The van der Waals surface area contributed by atoms with Crippen LogP contribution in [0.15, 0.2) is 42.5 Å². The molecule has 3 nitrogen and oxygen atoms in total. The van der Waals surface area contributed by atoms with Gasteiger partial charge < -0.3 is 9.47 Å². The quantitative estimate of drug-likeness (QED) is 0.362. The summed E-state index contributed by atoms with van der Waals surface area (Å²) in [4.78, 5) is 12.4. The predicted octanol–water partition coefficient (Wildman–Crippen LogP) is 5.24. The Hall–Kier alpha value is -2.12. The van der Waals surface area contributed by atoms with E-state index in [-0.39, 0.29) is 5.30 Å². The highest BCUT2D eigenvalue weighted by molar-refractivity contribution is 7.66. The molecule has 0 aliphatic carbocycles. The SMILES string of the molecule is COC(C)Oc1ccc(PC(=O)c2c(C(F)(F)F)cccc2C(F)(F)F)cc1. The van der Waals surface area contributed by atoms with Crippen LogP contribution in [0.25, 0.3) is 0 Å². The topological polar surface area (TPSA) is 35.5 Å². The van der Waals surface area contributed by atoms with E-state index >= 15 is 0 Å². The molecule has 0 radical (unpaired) electrons. The smallest absolute Gasteiger partial charge is 0.417 e. The van der Waals surface area contributed by atoms with Crippen molar-refractivity contribution in [2.75, 3.05) is 7.11 Å². The van der Waals surface area contributed by atoms with Gasteiger partial charge in [0.15, 0.2) is 11.8 Å². The molecule has 2 aromatic rings. The van der Waals surface area contributed by atoms with E-state index in [2.05, 4.69) is 0 Å². The summed E-state index contributed by atoms with van der Waals surface area (Å²) in [6.07, 6.45) is -10.7. The van der Waals surface area contributed by atoms with Gasteiger partial charge in [0.1, 0.15) is 5.75 Å². The van der Waals surface area contributed by atoms with Crippen molar-refractivity contribution in [2.24, 2.45) is 0 Å². The van der Waals surface area contributed by atoms with Gasteiger partial charge in [0.05, 0.1) is 11.1 Å². The summed E-state index contributed by atoms with van der Waals surface area (Å²) in [5.74, 6) is 0.377. The molecule has 2 aromatic carbocycles. The summed E-state index contributed by atoms with van der Waals surface area (Å²) in [5, 5.41) is 0.271. The summed E-state index contributed by atoms with van der Waals surface area (Å²) in [6.45, 7) is 1.63. The Labute approximate surface area is 158 Å². The van der Waals surface area contributed by atoms with Gasteiger partial charge >= 0.3 is 12.4 Å². The van der Waals surface area contributed by atoms with Crippen LogP contribution in [-0.4, -0.2) is 18.9 Å². The minimum Gasteiger partial charge on any atom is -0.465 e. The third kappa shape index (κ3) is 5.45. The average Bonchev–Trinajstić information content (AvgIpc) is 2.61. The van der Waals surface area contributed by atoms with Crippen LogP contribution in [0.4, 0.5) is 26.3 Å². The van der Waals surface area contributed by atoms with E-state index < -0.39 is 49.4 Å². The van der Waals surface area contributed by atoms with Gasteiger partial charge in [-0.3, -0.25) is 4.79 Å². The molecule has 0 saturated carbocycles. The zero-order valence-electron chi connectivity index (χ0n) is 14.6. The molecule has 0 bridgehead atoms. The van der Waals surface area contributed by atoms with Crippen LogP contribution in [-0.2, 0) is 17.1 Å². The summed E-state index contributed by atoms with van der Waals surface area (Å²) >= 11 is 0.